The summed E-state index contributed by atoms with van der Waals surface area (Å²) in [4.78, 5) is 9.42. The largest absolute Gasteiger partial charge is 0.370 e. The van der Waals surface area contributed by atoms with Crippen LogP contribution in [0.25, 0.3) is 0 Å². The summed E-state index contributed by atoms with van der Waals surface area (Å²) in [5.41, 5.74) is 5.68. The number of halogens is 1. The summed E-state index contributed by atoms with van der Waals surface area (Å²) in [7, 11) is 0. The maximum Gasteiger partial charge on any atom is 0.223 e. The van der Waals surface area contributed by atoms with Gasteiger partial charge >= 0.3 is 0 Å². The Balaban J connectivity index is 2.01. The van der Waals surface area contributed by atoms with E-state index in [0.717, 1.165) is 28.0 Å². The summed E-state index contributed by atoms with van der Waals surface area (Å²) >= 11 is 7.43. The minimum absolute atomic E-state index is 0.257. The molecule has 0 fully saturated rings. The lowest BCUT2D eigenvalue weighted by atomic mass is 10.4. The van der Waals surface area contributed by atoms with Crippen LogP contribution in [0.1, 0.15) is 18.2 Å². The molecule has 0 bridgehead atoms. The number of anilines is 3. The Morgan fingerprint density at radius 2 is 2.00 bits per heavy atom. The van der Waals surface area contributed by atoms with Gasteiger partial charge in [-0.2, -0.15) is 9.97 Å². The van der Waals surface area contributed by atoms with E-state index in [2.05, 4.69) is 27.5 Å². The van der Waals surface area contributed by atoms with Crippen LogP contribution in [0.5, 0.6) is 0 Å². The molecule has 0 aliphatic carbocycles. The number of nitrogens with one attached hydrogen (secondary N) is 2. The third-order valence-electron chi connectivity index (χ3n) is 2.37. The van der Waals surface area contributed by atoms with Crippen LogP contribution in [0.3, 0.4) is 0 Å². The number of nitrogen functional groups attached to an aromatic ring is 1. The quantitative estimate of drug-likeness (QED) is 0.763. The lowest BCUT2D eigenvalue weighted by Gasteiger charge is -2.08. The maximum atomic E-state index is 5.88. The van der Waals surface area contributed by atoms with Crippen molar-refractivity contribution in [2.75, 3.05) is 22.9 Å². The maximum absolute atomic E-state index is 5.88. The normalized spacial score (nSPS) is 10.4. The van der Waals surface area contributed by atoms with Crippen molar-refractivity contribution in [2.24, 2.45) is 0 Å². The SMILES string of the molecule is CCCNc1cc(NCc2ccc(Cl)s2)nc(N)n1. The molecule has 0 aliphatic rings. The fourth-order valence-electron chi connectivity index (χ4n) is 1.52. The van der Waals surface area contributed by atoms with Gasteiger partial charge < -0.3 is 16.4 Å². The summed E-state index contributed by atoms with van der Waals surface area (Å²) in [5.74, 6) is 1.70. The second-order valence-electron chi connectivity index (χ2n) is 3.98. The van der Waals surface area contributed by atoms with Gasteiger partial charge in [-0.25, -0.2) is 0 Å². The first-order chi connectivity index (χ1) is 9.17. The second kappa shape index (κ2) is 6.58. The topological polar surface area (TPSA) is 75.9 Å². The van der Waals surface area contributed by atoms with Gasteiger partial charge in [0.1, 0.15) is 11.6 Å². The molecule has 102 valence electrons. The van der Waals surface area contributed by atoms with Gasteiger partial charge in [0.05, 0.1) is 10.9 Å². The molecule has 2 rings (SSSR count). The fourth-order valence-corrected chi connectivity index (χ4v) is 2.55. The van der Waals surface area contributed by atoms with E-state index in [1.807, 2.05) is 18.2 Å². The highest BCUT2D eigenvalue weighted by Crippen LogP contribution is 2.22. The van der Waals surface area contributed by atoms with Crippen molar-refractivity contribution < 1.29 is 0 Å². The number of hydrogen-bond acceptors (Lipinski definition) is 6. The van der Waals surface area contributed by atoms with E-state index in [1.54, 1.807) is 11.3 Å². The third-order valence-corrected chi connectivity index (χ3v) is 3.60. The molecule has 0 spiro atoms. The molecule has 4 N–H and O–H groups in total. The summed E-state index contributed by atoms with van der Waals surface area (Å²) in [6, 6.07) is 5.72. The van der Waals surface area contributed by atoms with Gasteiger partial charge in [-0.15, -0.1) is 11.3 Å². The molecule has 5 nitrogen and oxygen atoms in total. The van der Waals surface area contributed by atoms with Gasteiger partial charge in [-0.1, -0.05) is 18.5 Å². The van der Waals surface area contributed by atoms with Crippen LogP contribution in [-0.2, 0) is 6.54 Å². The highest BCUT2D eigenvalue weighted by atomic mass is 35.5. The number of nitrogens with two attached hydrogens (primary N) is 1. The van der Waals surface area contributed by atoms with E-state index in [9.17, 15) is 0 Å². The van der Waals surface area contributed by atoms with Crippen LogP contribution < -0.4 is 16.4 Å². The zero-order valence-corrected chi connectivity index (χ0v) is 12.2. The monoisotopic (exact) mass is 297 g/mol. The van der Waals surface area contributed by atoms with Crippen molar-refractivity contribution in [1.82, 2.24) is 9.97 Å². The molecule has 7 heteroatoms. The molecule has 2 aromatic heterocycles. The molecular formula is C12H16ClN5S. The average molecular weight is 298 g/mol. The first-order valence-electron chi connectivity index (χ1n) is 6.04. The average Bonchev–Trinajstić information content (AvgIpc) is 2.79. The Morgan fingerprint density at radius 1 is 1.26 bits per heavy atom. The minimum Gasteiger partial charge on any atom is -0.370 e. The Kier molecular flexibility index (Phi) is 4.81. The standard InChI is InChI=1S/C12H16ClN5S/c1-2-5-15-10-6-11(18-12(14)17-10)16-7-8-3-4-9(13)19-8/h3-4,6H,2,5,7H2,1H3,(H4,14,15,16,17,18). The molecule has 0 aromatic carbocycles. The number of rotatable bonds is 6. The van der Waals surface area contributed by atoms with E-state index in [0.29, 0.717) is 12.4 Å². The molecule has 19 heavy (non-hydrogen) atoms. The van der Waals surface area contributed by atoms with E-state index < -0.39 is 0 Å². The van der Waals surface area contributed by atoms with Crippen molar-refractivity contribution in [3.8, 4) is 0 Å². The molecule has 0 saturated heterocycles. The van der Waals surface area contributed by atoms with Gasteiger partial charge in [0.15, 0.2) is 0 Å². The van der Waals surface area contributed by atoms with E-state index in [4.69, 9.17) is 17.3 Å². The van der Waals surface area contributed by atoms with Gasteiger partial charge in [0.25, 0.3) is 0 Å². The van der Waals surface area contributed by atoms with Crippen molar-refractivity contribution in [3.05, 3.63) is 27.4 Å². The Bertz CT molecular complexity index is 543. The van der Waals surface area contributed by atoms with E-state index >= 15 is 0 Å². The van der Waals surface area contributed by atoms with Crippen LogP contribution in [0.4, 0.5) is 17.6 Å². The molecule has 0 amide bonds. The number of aromatic nitrogens is 2. The number of hydrogen-bond donors (Lipinski definition) is 3. The highest BCUT2D eigenvalue weighted by Gasteiger charge is 2.03. The Labute approximate surface area is 121 Å². The Hall–Kier alpha value is -1.53. The van der Waals surface area contributed by atoms with Gasteiger partial charge in [0.2, 0.25) is 5.95 Å². The Morgan fingerprint density at radius 3 is 2.63 bits per heavy atom. The molecule has 0 atom stereocenters. The fraction of sp³-hybridized carbons (Fsp3) is 0.333. The molecule has 0 radical (unpaired) electrons. The first kappa shape index (κ1) is 13.9. The lowest BCUT2D eigenvalue weighted by molar-refractivity contribution is 0.965. The lowest BCUT2D eigenvalue weighted by Crippen LogP contribution is -2.08. The van der Waals surface area contributed by atoms with Gasteiger partial charge in [0, 0.05) is 17.5 Å². The van der Waals surface area contributed by atoms with Crippen LogP contribution in [0.2, 0.25) is 4.34 Å². The van der Waals surface area contributed by atoms with Crippen molar-refractivity contribution in [2.45, 2.75) is 19.9 Å². The van der Waals surface area contributed by atoms with Crippen LogP contribution >= 0.6 is 22.9 Å². The third kappa shape index (κ3) is 4.25. The van der Waals surface area contributed by atoms with Crippen LogP contribution in [0.15, 0.2) is 18.2 Å². The van der Waals surface area contributed by atoms with Crippen molar-refractivity contribution >= 4 is 40.5 Å². The minimum atomic E-state index is 0.257. The molecular weight excluding hydrogens is 282 g/mol. The first-order valence-corrected chi connectivity index (χ1v) is 7.23. The zero-order valence-electron chi connectivity index (χ0n) is 10.6. The zero-order chi connectivity index (χ0) is 13.7. The van der Waals surface area contributed by atoms with E-state index in [1.165, 1.54) is 0 Å². The number of thiophene rings is 1. The summed E-state index contributed by atoms with van der Waals surface area (Å²) < 4.78 is 0.782. The highest BCUT2D eigenvalue weighted by molar-refractivity contribution is 7.16. The summed E-state index contributed by atoms with van der Waals surface area (Å²) in [5, 5.41) is 6.40. The molecule has 2 aromatic rings. The molecule has 0 saturated carbocycles. The molecule has 0 unspecified atom stereocenters. The summed E-state index contributed by atoms with van der Waals surface area (Å²) in [6.07, 6.45) is 1.03. The van der Waals surface area contributed by atoms with Crippen LogP contribution in [-0.4, -0.2) is 16.5 Å². The number of nitrogens with zero attached hydrogens (tertiary/aromatic N) is 2. The molecule has 0 aliphatic heterocycles. The molecule has 2 heterocycles. The predicted octanol–water partition coefficient (Wildman–Crippen LogP) is 3.21. The van der Waals surface area contributed by atoms with Gasteiger partial charge in [-0.3, -0.25) is 0 Å². The smallest absolute Gasteiger partial charge is 0.223 e. The van der Waals surface area contributed by atoms with E-state index in [-0.39, 0.29) is 5.95 Å². The van der Waals surface area contributed by atoms with Crippen LogP contribution in [0, 0.1) is 0 Å². The second-order valence-corrected chi connectivity index (χ2v) is 5.78. The van der Waals surface area contributed by atoms with Crippen molar-refractivity contribution in [1.29, 1.82) is 0 Å². The van der Waals surface area contributed by atoms with Crippen molar-refractivity contribution in [3.63, 3.8) is 0 Å². The van der Waals surface area contributed by atoms with Gasteiger partial charge in [-0.05, 0) is 18.6 Å². The predicted molar refractivity (Wildman–Crippen MR) is 81.9 cm³/mol. The summed E-state index contributed by atoms with van der Waals surface area (Å²) in [6.45, 7) is 3.62.